The molecule has 0 amide bonds. The van der Waals surface area contributed by atoms with Crippen molar-refractivity contribution in [3.8, 4) is 5.75 Å². The first-order valence-corrected chi connectivity index (χ1v) is 7.37. The lowest BCUT2D eigenvalue weighted by Gasteiger charge is -2.14. The Hall–Kier alpha value is -2.06. The highest BCUT2D eigenvalue weighted by molar-refractivity contribution is 7.89. The van der Waals surface area contributed by atoms with Crippen molar-refractivity contribution in [2.24, 2.45) is 0 Å². The minimum absolute atomic E-state index is 0.0108. The summed E-state index contributed by atoms with van der Waals surface area (Å²) in [5.74, 6) is 1.03. The van der Waals surface area contributed by atoms with Crippen molar-refractivity contribution >= 4 is 15.7 Å². The van der Waals surface area contributed by atoms with Gasteiger partial charge in [-0.1, -0.05) is 0 Å². The molecule has 20 heavy (non-hydrogen) atoms. The van der Waals surface area contributed by atoms with E-state index in [1.165, 1.54) is 19.2 Å². The van der Waals surface area contributed by atoms with E-state index < -0.39 is 16.1 Å². The zero-order valence-corrected chi connectivity index (χ0v) is 11.9. The molecular formula is C12H16N4O3S. The van der Waals surface area contributed by atoms with Gasteiger partial charge in [-0.25, -0.2) is 18.1 Å². The van der Waals surface area contributed by atoms with Crippen LogP contribution >= 0.6 is 0 Å². The monoisotopic (exact) mass is 296 g/mol. The number of imidazole rings is 1. The van der Waals surface area contributed by atoms with E-state index in [4.69, 9.17) is 10.5 Å². The van der Waals surface area contributed by atoms with Crippen molar-refractivity contribution in [2.75, 3.05) is 12.8 Å². The quantitative estimate of drug-likeness (QED) is 0.714. The van der Waals surface area contributed by atoms with Gasteiger partial charge >= 0.3 is 0 Å². The van der Waals surface area contributed by atoms with E-state index in [0.717, 1.165) is 0 Å². The molecule has 0 aliphatic rings. The SMILES string of the molecule is COc1ccc(S(=O)(=O)NC(C)c2ncc[nH]2)c(N)c1. The van der Waals surface area contributed by atoms with Gasteiger partial charge in [0.1, 0.15) is 16.5 Å². The highest BCUT2D eigenvalue weighted by Gasteiger charge is 2.22. The molecule has 1 aromatic carbocycles. The second-order valence-corrected chi connectivity index (χ2v) is 5.90. The first-order chi connectivity index (χ1) is 9.44. The summed E-state index contributed by atoms with van der Waals surface area (Å²) in [6.45, 7) is 1.69. The van der Waals surface area contributed by atoms with Crippen LogP contribution in [-0.2, 0) is 10.0 Å². The summed E-state index contributed by atoms with van der Waals surface area (Å²) in [7, 11) is -2.25. The van der Waals surface area contributed by atoms with Crippen molar-refractivity contribution in [1.82, 2.24) is 14.7 Å². The summed E-state index contributed by atoms with van der Waals surface area (Å²) in [5.41, 5.74) is 5.88. The minimum atomic E-state index is -3.73. The fraction of sp³-hybridized carbons (Fsp3) is 0.250. The molecule has 0 bridgehead atoms. The Kier molecular flexibility index (Phi) is 3.96. The lowest BCUT2D eigenvalue weighted by atomic mass is 10.3. The average Bonchev–Trinajstić information content (AvgIpc) is 2.91. The molecule has 4 N–H and O–H groups in total. The molecule has 1 aromatic heterocycles. The Morgan fingerprint density at radius 3 is 2.75 bits per heavy atom. The number of benzene rings is 1. The Bertz CT molecular complexity index is 683. The largest absolute Gasteiger partial charge is 0.497 e. The van der Waals surface area contributed by atoms with Crippen LogP contribution in [0.2, 0.25) is 0 Å². The highest BCUT2D eigenvalue weighted by atomic mass is 32.2. The zero-order valence-electron chi connectivity index (χ0n) is 11.1. The van der Waals surface area contributed by atoms with Gasteiger partial charge < -0.3 is 15.5 Å². The van der Waals surface area contributed by atoms with Gasteiger partial charge in [0, 0.05) is 18.5 Å². The number of nitrogens with one attached hydrogen (secondary N) is 2. The van der Waals surface area contributed by atoms with E-state index in [0.29, 0.717) is 11.6 Å². The van der Waals surface area contributed by atoms with Gasteiger partial charge in [-0.2, -0.15) is 0 Å². The van der Waals surface area contributed by atoms with Crippen LogP contribution in [0.1, 0.15) is 18.8 Å². The first kappa shape index (κ1) is 14.4. The molecule has 0 saturated carbocycles. The molecule has 1 unspecified atom stereocenters. The topological polar surface area (TPSA) is 110 Å². The molecular weight excluding hydrogens is 280 g/mol. The lowest BCUT2D eigenvalue weighted by molar-refractivity contribution is 0.414. The number of rotatable bonds is 5. The summed E-state index contributed by atoms with van der Waals surface area (Å²) in [6.07, 6.45) is 3.18. The lowest BCUT2D eigenvalue weighted by Crippen LogP contribution is -2.28. The molecule has 1 heterocycles. The number of nitrogen functional groups attached to an aromatic ring is 1. The number of sulfonamides is 1. The number of aromatic amines is 1. The molecule has 0 aliphatic carbocycles. The normalized spacial score (nSPS) is 13.1. The molecule has 2 rings (SSSR count). The van der Waals surface area contributed by atoms with Crippen LogP contribution in [0.5, 0.6) is 5.75 Å². The second kappa shape index (κ2) is 5.51. The van der Waals surface area contributed by atoms with E-state index in [9.17, 15) is 8.42 Å². The number of methoxy groups -OCH3 is 1. The standard InChI is InChI=1S/C12H16N4O3S/c1-8(12-14-5-6-15-12)16-20(17,18)11-4-3-9(19-2)7-10(11)13/h3-8,16H,13H2,1-2H3,(H,14,15). The van der Waals surface area contributed by atoms with Crippen molar-refractivity contribution < 1.29 is 13.2 Å². The van der Waals surface area contributed by atoms with Gasteiger partial charge in [0.15, 0.2) is 0 Å². The van der Waals surface area contributed by atoms with Crippen LogP contribution in [-0.4, -0.2) is 25.5 Å². The maximum absolute atomic E-state index is 12.3. The Morgan fingerprint density at radius 2 is 2.20 bits per heavy atom. The van der Waals surface area contributed by atoms with Crippen LogP contribution in [0.4, 0.5) is 5.69 Å². The third-order valence-electron chi connectivity index (χ3n) is 2.77. The van der Waals surface area contributed by atoms with Gasteiger partial charge in [-0.3, -0.25) is 0 Å². The predicted molar refractivity (Wildman–Crippen MR) is 74.7 cm³/mol. The van der Waals surface area contributed by atoms with Crippen LogP contribution in [0, 0.1) is 0 Å². The Labute approximate surface area is 117 Å². The highest BCUT2D eigenvalue weighted by Crippen LogP contribution is 2.24. The maximum Gasteiger partial charge on any atom is 0.243 e. The van der Waals surface area contributed by atoms with Crippen LogP contribution in [0.15, 0.2) is 35.5 Å². The van der Waals surface area contributed by atoms with E-state index in [2.05, 4.69) is 14.7 Å². The number of hydrogen-bond donors (Lipinski definition) is 3. The number of H-pyrrole nitrogens is 1. The number of ether oxygens (including phenoxy) is 1. The predicted octanol–water partition coefficient (Wildman–Crippen LogP) is 1.04. The number of aromatic nitrogens is 2. The first-order valence-electron chi connectivity index (χ1n) is 5.89. The summed E-state index contributed by atoms with van der Waals surface area (Å²) in [4.78, 5) is 6.88. The number of anilines is 1. The molecule has 0 aliphatic heterocycles. The number of hydrogen-bond acceptors (Lipinski definition) is 5. The summed E-state index contributed by atoms with van der Waals surface area (Å²) < 4.78 is 32.1. The van der Waals surface area contributed by atoms with Crippen molar-refractivity contribution in [2.45, 2.75) is 17.9 Å². The van der Waals surface area contributed by atoms with Crippen molar-refractivity contribution in [3.63, 3.8) is 0 Å². The van der Waals surface area contributed by atoms with E-state index in [1.54, 1.807) is 25.4 Å². The minimum Gasteiger partial charge on any atom is -0.497 e. The second-order valence-electron chi connectivity index (χ2n) is 4.22. The van der Waals surface area contributed by atoms with Crippen molar-refractivity contribution in [3.05, 3.63) is 36.4 Å². The van der Waals surface area contributed by atoms with Crippen LogP contribution < -0.4 is 15.2 Å². The molecule has 0 spiro atoms. The summed E-state index contributed by atoms with van der Waals surface area (Å²) in [6, 6.07) is 3.93. The molecule has 0 radical (unpaired) electrons. The Morgan fingerprint density at radius 1 is 1.45 bits per heavy atom. The van der Waals surface area contributed by atoms with Crippen LogP contribution in [0.3, 0.4) is 0 Å². The van der Waals surface area contributed by atoms with Crippen molar-refractivity contribution in [1.29, 1.82) is 0 Å². The van der Waals surface area contributed by atoms with Gasteiger partial charge in [0.2, 0.25) is 10.0 Å². The smallest absolute Gasteiger partial charge is 0.243 e. The molecule has 7 nitrogen and oxygen atoms in total. The maximum atomic E-state index is 12.3. The fourth-order valence-corrected chi connectivity index (χ4v) is 3.09. The summed E-state index contributed by atoms with van der Waals surface area (Å²) in [5, 5.41) is 0. The molecule has 2 aromatic rings. The third kappa shape index (κ3) is 2.91. The Balaban J connectivity index is 2.27. The fourth-order valence-electron chi connectivity index (χ4n) is 1.76. The molecule has 0 saturated heterocycles. The molecule has 8 heteroatoms. The number of nitrogens with two attached hydrogens (primary N) is 1. The molecule has 0 fully saturated rings. The number of nitrogens with zero attached hydrogens (tertiary/aromatic N) is 1. The van der Waals surface area contributed by atoms with Gasteiger partial charge in [0.25, 0.3) is 0 Å². The zero-order chi connectivity index (χ0) is 14.8. The van der Waals surface area contributed by atoms with Gasteiger partial charge in [-0.15, -0.1) is 0 Å². The molecule has 1 atom stereocenters. The van der Waals surface area contributed by atoms with Gasteiger partial charge in [-0.05, 0) is 19.1 Å². The van der Waals surface area contributed by atoms with Gasteiger partial charge in [0.05, 0.1) is 18.8 Å². The summed E-state index contributed by atoms with van der Waals surface area (Å²) >= 11 is 0. The average molecular weight is 296 g/mol. The van der Waals surface area contributed by atoms with Crippen LogP contribution in [0.25, 0.3) is 0 Å². The van der Waals surface area contributed by atoms with E-state index in [-0.39, 0.29) is 10.6 Å². The van der Waals surface area contributed by atoms with E-state index >= 15 is 0 Å². The third-order valence-corrected chi connectivity index (χ3v) is 4.38. The van der Waals surface area contributed by atoms with E-state index in [1.807, 2.05) is 0 Å². The molecule has 108 valence electrons.